The maximum atomic E-state index is 13.0. The molecule has 0 saturated heterocycles. The third-order valence-corrected chi connectivity index (χ3v) is 4.01. The number of nitrogens with one attached hydrogen (secondary N) is 1. The number of benzene rings is 1. The van der Waals surface area contributed by atoms with Gasteiger partial charge in [-0.15, -0.1) is 0 Å². The van der Waals surface area contributed by atoms with E-state index in [2.05, 4.69) is 10.3 Å². The quantitative estimate of drug-likeness (QED) is 0.759. The topological polar surface area (TPSA) is 80.8 Å². The van der Waals surface area contributed by atoms with Crippen molar-refractivity contribution in [3.05, 3.63) is 48.2 Å². The molecule has 7 heteroatoms. The van der Waals surface area contributed by atoms with Gasteiger partial charge in [-0.3, -0.25) is 14.5 Å². The molecule has 0 aliphatic carbocycles. The van der Waals surface area contributed by atoms with Gasteiger partial charge in [0.25, 0.3) is 5.91 Å². The lowest BCUT2D eigenvalue weighted by molar-refractivity contribution is -0.119. The molecule has 7 nitrogen and oxygen atoms in total. The van der Waals surface area contributed by atoms with Crippen molar-refractivity contribution < 1.29 is 19.1 Å². The molecule has 0 saturated carbocycles. The second-order valence-electron chi connectivity index (χ2n) is 6.44. The Morgan fingerprint density at radius 3 is 2.89 bits per heavy atom. The molecule has 1 aromatic carbocycles. The molecular weight excluding hydrogens is 346 g/mol. The van der Waals surface area contributed by atoms with Crippen molar-refractivity contribution in [2.24, 2.45) is 0 Å². The molecule has 0 unspecified atom stereocenters. The van der Waals surface area contributed by atoms with E-state index in [1.54, 1.807) is 36.5 Å². The number of carbonyl (C=O) groups is 2. The minimum absolute atomic E-state index is 0.0986. The lowest BCUT2D eigenvalue weighted by atomic mass is 10.2. The molecule has 1 aromatic heterocycles. The third kappa shape index (κ3) is 4.62. The standard InChI is InChI=1S/C20H23N3O4/c1-14(2)26-12-6-11-21-18(24)13-23-16-8-3-4-9-17(16)27-19-15(20(23)25)7-5-10-22-19/h3-5,7-10,14H,6,11-13H2,1-2H3,(H,21,24). The van der Waals surface area contributed by atoms with Gasteiger partial charge in [0.05, 0.1) is 11.8 Å². The largest absolute Gasteiger partial charge is 0.436 e. The van der Waals surface area contributed by atoms with Crippen molar-refractivity contribution in [2.75, 3.05) is 24.6 Å². The first kappa shape index (κ1) is 18.8. The molecule has 2 aromatic rings. The molecule has 3 rings (SSSR count). The summed E-state index contributed by atoms with van der Waals surface area (Å²) in [5.41, 5.74) is 0.866. The second kappa shape index (κ2) is 8.64. The van der Waals surface area contributed by atoms with E-state index in [4.69, 9.17) is 9.47 Å². The van der Waals surface area contributed by atoms with E-state index in [0.29, 0.717) is 36.6 Å². The van der Waals surface area contributed by atoms with Gasteiger partial charge in [-0.05, 0) is 44.5 Å². The minimum Gasteiger partial charge on any atom is -0.436 e. The lowest BCUT2D eigenvalue weighted by Gasteiger charge is -2.21. The van der Waals surface area contributed by atoms with E-state index in [9.17, 15) is 9.59 Å². The van der Waals surface area contributed by atoms with Crippen molar-refractivity contribution in [3.8, 4) is 11.6 Å². The lowest BCUT2D eigenvalue weighted by Crippen LogP contribution is -2.41. The van der Waals surface area contributed by atoms with Gasteiger partial charge < -0.3 is 14.8 Å². The Morgan fingerprint density at radius 2 is 2.07 bits per heavy atom. The summed E-state index contributed by atoms with van der Waals surface area (Å²) in [6.07, 6.45) is 2.45. The highest BCUT2D eigenvalue weighted by atomic mass is 16.5. The summed E-state index contributed by atoms with van der Waals surface area (Å²) in [4.78, 5) is 30.9. The molecule has 0 bridgehead atoms. The number of amides is 2. The van der Waals surface area contributed by atoms with Crippen molar-refractivity contribution in [3.63, 3.8) is 0 Å². The molecule has 2 amide bonds. The molecule has 1 aliphatic heterocycles. The SMILES string of the molecule is CC(C)OCCCNC(=O)CN1C(=O)c2cccnc2Oc2ccccc21. The highest BCUT2D eigenvalue weighted by Gasteiger charge is 2.29. The summed E-state index contributed by atoms with van der Waals surface area (Å²) in [6, 6.07) is 10.4. The molecule has 0 atom stereocenters. The second-order valence-corrected chi connectivity index (χ2v) is 6.44. The Hall–Kier alpha value is -2.93. The predicted octanol–water partition coefficient (Wildman–Crippen LogP) is 2.77. The zero-order valence-electron chi connectivity index (χ0n) is 15.5. The number of carbonyl (C=O) groups excluding carboxylic acids is 2. The number of pyridine rings is 1. The van der Waals surface area contributed by atoms with Gasteiger partial charge in [0.2, 0.25) is 11.8 Å². The van der Waals surface area contributed by atoms with Crippen molar-refractivity contribution in [1.29, 1.82) is 0 Å². The number of hydrogen-bond donors (Lipinski definition) is 1. The van der Waals surface area contributed by atoms with Crippen LogP contribution in [0.1, 0.15) is 30.6 Å². The minimum atomic E-state index is -0.318. The highest BCUT2D eigenvalue weighted by molar-refractivity contribution is 6.11. The Bertz CT molecular complexity index is 822. The average molecular weight is 369 g/mol. The smallest absolute Gasteiger partial charge is 0.264 e. The van der Waals surface area contributed by atoms with Crippen LogP contribution < -0.4 is 15.0 Å². The molecular formula is C20H23N3O4. The van der Waals surface area contributed by atoms with Gasteiger partial charge in [0.1, 0.15) is 12.1 Å². The van der Waals surface area contributed by atoms with Gasteiger partial charge in [-0.25, -0.2) is 4.98 Å². The number of ether oxygens (including phenoxy) is 2. The fourth-order valence-electron chi connectivity index (χ4n) is 2.74. The number of hydrogen-bond acceptors (Lipinski definition) is 5. The van der Waals surface area contributed by atoms with Gasteiger partial charge >= 0.3 is 0 Å². The first-order valence-electron chi connectivity index (χ1n) is 8.98. The summed E-state index contributed by atoms with van der Waals surface area (Å²) >= 11 is 0. The fraction of sp³-hybridized carbons (Fsp3) is 0.350. The maximum absolute atomic E-state index is 13.0. The molecule has 1 aliphatic rings. The summed E-state index contributed by atoms with van der Waals surface area (Å²) in [6.45, 7) is 4.91. The van der Waals surface area contributed by atoms with Gasteiger partial charge in [-0.2, -0.15) is 0 Å². The fourth-order valence-corrected chi connectivity index (χ4v) is 2.74. The predicted molar refractivity (Wildman–Crippen MR) is 101 cm³/mol. The van der Waals surface area contributed by atoms with Crippen LogP contribution in [-0.4, -0.2) is 42.6 Å². The van der Waals surface area contributed by atoms with Crippen LogP contribution in [0.15, 0.2) is 42.6 Å². The number of rotatable bonds is 7. The Labute approximate surface area is 158 Å². The van der Waals surface area contributed by atoms with Crippen LogP contribution in [0.3, 0.4) is 0 Å². The maximum Gasteiger partial charge on any atom is 0.264 e. The molecule has 1 N–H and O–H groups in total. The monoisotopic (exact) mass is 369 g/mol. The van der Waals surface area contributed by atoms with Crippen molar-refractivity contribution in [1.82, 2.24) is 10.3 Å². The average Bonchev–Trinajstić information content (AvgIpc) is 2.77. The van der Waals surface area contributed by atoms with Gasteiger partial charge in [0, 0.05) is 19.3 Å². The van der Waals surface area contributed by atoms with Crippen LogP contribution in [0.4, 0.5) is 5.69 Å². The highest BCUT2D eigenvalue weighted by Crippen LogP contribution is 2.37. The van der Waals surface area contributed by atoms with E-state index in [0.717, 1.165) is 0 Å². The van der Waals surface area contributed by atoms with Crippen LogP contribution in [0.2, 0.25) is 0 Å². The summed E-state index contributed by atoms with van der Waals surface area (Å²) in [5, 5.41) is 2.83. The first-order valence-corrected chi connectivity index (χ1v) is 8.98. The third-order valence-electron chi connectivity index (χ3n) is 4.01. The first-order chi connectivity index (χ1) is 13.1. The van der Waals surface area contributed by atoms with Crippen LogP contribution in [0, 0.1) is 0 Å². The van der Waals surface area contributed by atoms with E-state index in [-0.39, 0.29) is 30.3 Å². The Morgan fingerprint density at radius 1 is 1.26 bits per heavy atom. The number of nitrogens with zero attached hydrogens (tertiary/aromatic N) is 2. The van der Waals surface area contributed by atoms with Crippen molar-refractivity contribution in [2.45, 2.75) is 26.4 Å². The zero-order valence-corrected chi connectivity index (χ0v) is 15.5. The molecule has 0 radical (unpaired) electrons. The van der Waals surface area contributed by atoms with Crippen LogP contribution in [0.25, 0.3) is 0 Å². The van der Waals surface area contributed by atoms with E-state index in [1.165, 1.54) is 4.90 Å². The molecule has 2 heterocycles. The zero-order chi connectivity index (χ0) is 19.2. The van der Waals surface area contributed by atoms with Crippen LogP contribution in [-0.2, 0) is 9.53 Å². The van der Waals surface area contributed by atoms with Crippen LogP contribution in [0.5, 0.6) is 11.6 Å². The number of fused-ring (bicyclic) bond motifs is 2. The van der Waals surface area contributed by atoms with Crippen LogP contribution >= 0.6 is 0 Å². The Balaban J connectivity index is 1.72. The van der Waals surface area contributed by atoms with E-state index >= 15 is 0 Å². The molecule has 0 spiro atoms. The normalized spacial score (nSPS) is 12.9. The summed E-state index contributed by atoms with van der Waals surface area (Å²) < 4.78 is 11.3. The van der Waals surface area contributed by atoms with E-state index in [1.807, 2.05) is 19.9 Å². The molecule has 142 valence electrons. The van der Waals surface area contributed by atoms with Gasteiger partial charge in [-0.1, -0.05) is 12.1 Å². The summed E-state index contributed by atoms with van der Waals surface area (Å²) in [7, 11) is 0. The summed E-state index contributed by atoms with van der Waals surface area (Å²) in [5.74, 6) is 0.168. The Kier molecular flexibility index (Phi) is 6.03. The number of anilines is 1. The number of aromatic nitrogens is 1. The van der Waals surface area contributed by atoms with Crippen molar-refractivity contribution >= 4 is 17.5 Å². The molecule has 27 heavy (non-hydrogen) atoms. The molecule has 0 fully saturated rings. The van der Waals surface area contributed by atoms with E-state index < -0.39 is 0 Å². The number of para-hydroxylation sites is 2. The van der Waals surface area contributed by atoms with Gasteiger partial charge in [0.15, 0.2) is 5.75 Å².